The summed E-state index contributed by atoms with van der Waals surface area (Å²) in [5.41, 5.74) is 1.12. The molecule has 0 N–H and O–H groups in total. The summed E-state index contributed by atoms with van der Waals surface area (Å²) in [5, 5.41) is -0.742. The van der Waals surface area contributed by atoms with Crippen molar-refractivity contribution < 1.29 is 9.78 Å². The third kappa shape index (κ3) is 0.891. The minimum Gasteiger partial charge on any atom is -0.218 e. The molecule has 0 aromatic heterocycles. The van der Waals surface area contributed by atoms with Gasteiger partial charge < -0.3 is 0 Å². The number of hydrogen-bond acceptors (Lipinski definition) is 4. The normalized spacial score (nSPS) is 22.3. The molecule has 2 heterocycles. The maximum absolute atomic E-state index is 4.76. The average molecular weight is 179 g/mol. The highest BCUT2D eigenvalue weighted by atomic mass is 32.2. The van der Waals surface area contributed by atoms with Crippen LogP contribution in [0.2, 0.25) is 0 Å². The fourth-order valence-electron chi connectivity index (χ4n) is 1.11. The maximum atomic E-state index is 4.76. The molecular formula is C8H5NO2S. The van der Waals surface area contributed by atoms with Crippen LogP contribution in [0.1, 0.15) is 5.56 Å². The van der Waals surface area contributed by atoms with Gasteiger partial charge >= 0.3 is 5.24 Å². The van der Waals surface area contributed by atoms with E-state index in [2.05, 4.69) is 4.99 Å². The Hall–Kier alpha value is -0.840. The van der Waals surface area contributed by atoms with E-state index in [9.17, 15) is 0 Å². The van der Waals surface area contributed by atoms with Gasteiger partial charge in [0, 0.05) is 16.7 Å². The second-order valence-electron chi connectivity index (χ2n) is 2.59. The van der Waals surface area contributed by atoms with Crippen LogP contribution in [0.5, 0.6) is 0 Å². The van der Waals surface area contributed by atoms with Crippen LogP contribution in [0.25, 0.3) is 0 Å². The van der Waals surface area contributed by atoms with Crippen LogP contribution in [0, 0.1) is 0 Å². The van der Waals surface area contributed by atoms with Gasteiger partial charge in [-0.25, -0.2) is 4.99 Å². The Bertz CT molecular complexity index is 360. The molecule has 4 heteroatoms. The van der Waals surface area contributed by atoms with Gasteiger partial charge in [0.25, 0.3) is 0 Å². The quantitative estimate of drug-likeness (QED) is 0.450. The van der Waals surface area contributed by atoms with E-state index in [1.807, 2.05) is 24.3 Å². The van der Waals surface area contributed by atoms with E-state index in [-0.39, 0.29) is 0 Å². The summed E-state index contributed by atoms with van der Waals surface area (Å²) in [7, 11) is 0. The molecule has 0 unspecified atom stereocenters. The molecule has 1 fully saturated rings. The summed E-state index contributed by atoms with van der Waals surface area (Å²) >= 11 is 1.48. The van der Waals surface area contributed by atoms with Crippen LogP contribution in [0.15, 0.2) is 34.2 Å². The lowest BCUT2D eigenvalue weighted by Crippen LogP contribution is -2.06. The number of aliphatic imine (C=N–C) groups is 1. The van der Waals surface area contributed by atoms with Crippen molar-refractivity contribution in [3.05, 3.63) is 29.8 Å². The van der Waals surface area contributed by atoms with Gasteiger partial charge in [-0.1, -0.05) is 18.2 Å². The SMILES string of the molecule is C1=NC2(OO2)Sc2ccccc21. The molecular weight excluding hydrogens is 174 g/mol. The number of thioether (sulfide) groups is 1. The third-order valence-corrected chi connectivity index (χ3v) is 2.84. The zero-order chi connectivity index (χ0) is 8.02. The van der Waals surface area contributed by atoms with E-state index >= 15 is 0 Å². The van der Waals surface area contributed by atoms with Gasteiger partial charge in [0.15, 0.2) is 0 Å². The molecule has 0 aliphatic carbocycles. The molecule has 0 amide bonds. The average Bonchev–Trinajstić information content (AvgIpc) is 2.85. The van der Waals surface area contributed by atoms with Crippen LogP contribution in [-0.4, -0.2) is 11.5 Å². The first-order chi connectivity index (χ1) is 5.88. The Balaban J connectivity index is 2.10. The van der Waals surface area contributed by atoms with Gasteiger partial charge in [-0.3, -0.25) is 0 Å². The fourth-order valence-corrected chi connectivity index (χ4v) is 1.98. The van der Waals surface area contributed by atoms with Crippen molar-refractivity contribution in [1.29, 1.82) is 0 Å². The molecule has 0 saturated carbocycles. The lowest BCUT2D eigenvalue weighted by Gasteiger charge is -2.09. The summed E-state index contributed by atoms with van der Waals surface area (Å²) in [4.78, 5) is 14.8. The molecule has 2 aliphatic rings. The van der Waals surface area contributed by atoms with E-state index in [4.69, 9.17) is 9.78 Å². The summed E-state index contributed by atoms with van der Waals surface area (Å²) in [6.07, 6.45) is 1.78. The van der Waals surface area contributed by atoms with Gasteiger partial charge in [0.2, 0.25) is 0 Å². The standard InChI is InChI=1S/C8H5NO2S/c1-2-4-7-6(3-1)5-9-8(12-7)10-11-8/h1-5H. The Morgan fingerprint density at radius 1 is 1.25 bits per heavy atom. The first kappa shape index (κ1) is 6.65. The number of hydrogen-bond donors (Lipinski definition) is 0. The molecule has 12 heavy (non-hydrogen) atoms. The summed E-state index contributed by atoms with van der Waals surface area (Å²) in [5.74, 6) is 0. The smallest absolute Gasteiger partial charge is 0.218 e. The predicted molar refractivity (Wildman–Crippen MR) is 44.8 cm³/mol. The van der Waals surface area contributed by atoms with Gasteiger partial charge in [-0.05, 0) is 17.8 Å². The van der Waals surface area contributed by atoms with E-state index in [0.717, 1.165) is 10.5 Å². The molecule has 1 spiro atoms. The monoisotopic (exact) mass is 179 g/mol. The Labute approximate surface area is 73.3 Å². The highest BCUT2D eigenvalue weighted by Gasteiger charge is 2.52. The predicted octanol–water partition coefficient (Wildman–Crippen LogP) is 1.78. The second-order valence-corrected chi connectivity index (χ2v) is 3.75. The highest BCUT2D eigenvalue weighted by molar-refractivity contribution is 8.00. The second kappa shape index (κ2) is 2.10. The lowest BCUT2D eigenvalue weighted by molar-refractivity contribution is 0.0850. The zero-order valence-electron chi connectivity index (χ0n) is 6.06. The van der Waals surface area contributed by atoms with Crippen molar-refractivity contribution >= 4 is 18.0 Å². The van der Waals surface area contributed by atoms with Crippen LogP contribution < -0.4 is 0 Å². The molecule has 1 aromatic rings. The highest BCUT2D eigenvalue weighted by Crippen LogP contribution is 2.49. The number of rotatable bonds is 0. The van der Waals surface area contributed by atoms with Crippen LogP contribution >= 0.6 is 11.8 Å². The van der Waals surface area contributed by atoms with E-state index in [1.165, 1.54) is 11.8 Å². The van der Waals surface area contributed by atoms with E-state index in [1.54, 1.807) is 6.21 Å². The number of benzene rings is 1. The molecule has 0 bridgehead atoms. The van der Waals surface area contributed by atoms with Gasteiger partial charge in [0.1, 0.15) is 0 Å². The first-order valence-electron chi connectivity index (χ1n) is 3.58. The number of fused-ring (bicyclic) bond motifs is 1. The van der Waals surface area contributed by atoms with Crippen LogP contribution in [0.3, 0.4) is 0 Å². The molecule has 0 radical (unpaired) electrons. The summed E-state index contributed by atoms with van der Waals surface area (Å²) in [6.45, 7) is 0. The van der Waals surface area contributed by atoms with E-state index in [0.29, 0.717) is 0 Å². The van der Waals surface area contributed by atoms with Crippen LogP contribution in [0.4, 0.5) is 0 Å². The van der Waals surface area contributed by atoms with Crippen molar-refractivity contribution in [2.75, 3.05) is 0 Å². The largest absolute Gasteiger partial charge is 0.381 e. The summed E-state index contributed by atoms with van der Waals surface area (Å²) < 4.78 is 0. The minimum atomic E-state index is -0.742. The van der Waals surface area contributed by atoms with Gasteiger partial charge in [0.05, 0.1) is 0 Å². The maximum Gasteiger partial charge on any atom is 0.381 e. The van der Waals surface area contributed by atoms with Crippen LogP contribution in [-0.2, 0) is 9.78 Å². The van der Waals surface area contributed by atoms with Crippen molar-refractivity contribution in [2.45, 2.75) is 10.1 Å². The fraction of sp³-hybridized carbons (Fsp3) is 0.125. The van der Waals surface area contributed by atoms with Gasteiger partial charge in [-0.2, -0.15) is 9.78 Å². The van der Waals surface area contributed by atoms with E-state index < -0.39 is 5.24 Å². The Morgan fingerprint density at radius 2 is 2.08 bits per heavy atom. The molecule has 60 valence electrons. The molecule has 2 aliphatic heterocycles. The number of nitrogens with zero attached hydrogens (tertiary/aromatic N) is 1. The Morgan fingerprint density at radius 3 is 2.92 bits per heavy atom. The molecule has 0 atom stereocenters. The third-order valence-electron chi connectivity index (χ3n) is 1.75. The molecule has 3 rings (SSSR count). The van der Waals surface area contributed by atoms with Crippen molar-refractivity contribution in [1.82, 2.24) is 0 Å². The first-order valence-corrected chi connectivity index (χ1v) is 4.40. The lowest BCUT2D eigenvalue weighted by atomic mass is 10.2. The van der Waals surface area contributed by atoms with Crippen molar-refractivity contribution in [3.8, 4) is 0 Å². The topological polar surface area (TPSA) is 37.4 Å². The molecule has 3 nitrogen and oxygen atoms in total. The molecule has 1 saturated heterocycles. The molecule has 1 aromatic carbocycles. The minimum absolute atomic E-state index is 0.742. The Kier molecular flexibility index (Phi) is 1.16. The van der Waals surface area contributed by atoms with Crippen molar-refractivity contribution in [3.63, 3.8) is 0 Å². The van der Waals surface area contributed by atoms with Crippen molar-refractivity contribution in [2.24, 2.45) is 4.99 Å². The van der Waals surface area contributed by atoms with Gasteiger partial charge in [-0.15, -0.1) is 0 Å². The summed E-state index contributed by atoms with van der Waals surface area (Å²) in [6, 6.07) is 8.01. The zero-order valence-corrected chi connectivity index (χ0v) is 6.88.